The van der Waals surface area contributed by atoms with Gasteiger partial charge in [0, 0.05) is 16.6 Å². The van der Waals surface area contributed by atoms with Gasteiger partial charge in [-0.25, -0.2) is 0 Å². The summed E-state index contributed by atoms with van der Waals surface area (Å²) in [6.07, 6.45) is 4.71. The summed E-state index contributed by atoms with van der Waals surface area (Å²) >= 11 is 3.36. The van der Waals surface area contributed by atoms with Crippen molar-refractivity contribution in [1.82, 2.24) is 0 Å². The first-order chi connectivity index (χ1) is 8.56. The number of nitriles is 1. The predicted octanol–water partition coefficient (Wildman–Crippen LogP) is 3.98. The molecule has 4 nitrogen and oxygen atoms in total. The lowest BCUT2D eigenvalue weighted by molar-refractivity contribution is -0.384. The number of nitrogens with zero attached hydrogens (tertiary/aromatic N) is 2. The van der Waals surface area contributed by atoms with E-state index in [1.807, 2.05) is 0 Å². The van der Waals surface area contributed by atoms with Crippen LogP contribution in [0.4, 0.5) is 5.69 Å². The first-order valence-electron chi connectivity index (χ1n) is 5.90. The highest BCUT2D eigenvalue weighted by Crippen LogP contribution is 2.41. The summed E-state index contributed by atoms with van der Waals surface area (Å²) in [6, 6.07) is 7.19. The standard InChI is InChI=1S/C13H13BrN2O2/c14-12-7-11(16(17)18)4-3-10(12)8-13(9-15)5-1-2-6-13/h3-4,7H,1-2,5-6,8H2. The van der Waals surface area contributed by atoms with Gasteiger partial charge in [0.15, 0.2) is 0 Å². The molecule has 0 spiro atoms. The molecule has 0 aliphatic heterocycles. The third-order valence-electron chi connectivity index (χ3n) is 3.57. The maximum atomic E-state index is 10.7. The molecular formula is C13H13BrN2O2. The second-order valence-corrected chi connectivity index (χ2v) is 5.66. The average Bonchev–Trinajstić information content (AvgIpc) is 2.81. The van der Waals surface area contributed by atoms with Crippen LogP contribution in [-0.4, -0.2) is 4.92 Å². The zero-order chi connectivity index (χ0) is 13.2. The molecule has 1 saturated carbocycles. The van der Waals surface area contributed by atoms with E-state index in [1.165, 1.54) is 12.1 Å². The molecule has 0 atom stereocenters. The highest BCUT2D eigenvalue weighted by molar-refractivity contribution is 9.10. The Morgan fingerprint density at radius 1 is 1.44 bits per heavy atom. The van der Waals surface area contributed by atoms with Crippen molar-refractivity contribution in [3.63, 3.8) is 0 Å². The lowest BCUT2D eigenvalue weighted by Gasteiger charge is -2.20. The number of non-ortho nitro benzene ring substituents is 1. The van der Waals surface area contributed by atoms with Gasteiger partial charge in [0.2, 0.25) is 0 Å². The van der Waals surface area contributed by atoms with Crippen molar-refractivity contribution in [1.29, 1.82) is 5.26 Å². The SMILES string of the molecule is N#CC1(Cc2ccc([N+](=O)[O-])cc2Br)CCCC1. The van der Waals surface area contributed by atoms with Gasteiger partial charge < -0.3 is 0 Å². The summed E-state index contributed by atoms with van der Waals surface area (Å²) in [5, 5.41) is 20.0. The van der Waals surface area contributed by atoms with Crippen LogP contribution in [0.25, 0.3) is 0 Å². The first-order valence-corrected chi connectivity index (χ1v) is 6.70. The van der Waals surface area contributed by atoms with E-state index in [4.69, 9.17) is 0 Å². The smallest absolute Gasteiger partial charge is 0.258 e. The van der Waals surface area contributed by atoms with Gasteiger partial charge in [-0.15, -0.1) is 0 Å². The van der Waals surface area contributed by atoms with E-state index < -0.39 is 4.92 Å². The van der Waals surface area contributed by atoms with Crippen LogP contribution in [0.15, 0.2) is 22.7 Å². The Morgan fingerprint density at radius 3 is 2.61 bits per heavy atom. The lowest BCUT2D eigenvalue weighted by Crippen LogP contribution is -2.17. The fraction of sp³-hybridized carbons (Fsp3) is 0.462. The van der Waals surface area contributed by atoms with Crippen LogP contribution >= 0.6 is 15.9 Å². The highest BCUT2D eigenvalue weighted by atomic mass is 79.9. The Labute approximate surface area is 114 Å². The number of hydrogen-bond donors (Lipinski definition) is 0. The van der Waals surface area contributed by atoms with Crippen molar-refractivity contribution in [2.75, 3.05) is 0 Å². The third-order valence-corrected chi connectivity index (χ3v) is 4.31. The largest absolute Gasteiger partial charge is 0.270 e. The van der Waals surface area contributed by atoms with Crippen molar-refractivity contribution in [3.8, 4) is 6.07 Å². The Balaban J connectivity index is 2.25. The summed E-state index contributed by atoms with van der Waals surface area (Å²) in [4.78, 5) is 10.2. The Morgan fingerprint density at radius 2 is 2.11 bits per heavy atom. The van der Waals surface area contributed by atoms with Crippen molar-refractivity contribution in [3.05, 3.63) is 38.3 Å². The highest BCUT2D eigenvalue weighted by Gasteiger charge is 2.34. The quantitative estimate of drug-likeness (QED) is 0.626. The van der Waals surface area contributed by atoms with Gasteiger partial charge in [-0.05, 0) is 24.8 Å². The minimum atomic E-state index is -0.413. The zero-order valence-electron chi connectivity index (χ0n) is 9.86. The van der Waals surface area contributed by atoms with Gasteiger partial charge >= 0.3 is 0 Å². The van der Waals surface area contributed by atoms with E-state index in [2.05, 4.69) is 22.0 Å². The predicted molar refractivity (Wildman–Crippen MR) is 71.0 cm³/mol. The van der Waals surface area contributed by atoms with Gasteiger partial charge in [0.25, 0.3) is 5.69 Å². The van der Waals surface area contributed by atoms with Crippen LogP contribution in [0.3, 0.4) is 0 Å². The molecule has 94 valence electrons. The number of hydrogen-bond acceptors (Lipinski definition) is 3. The maximum absolute atomic E-state index is 10.7. The molecule has 5 heteroatoms. The molecule has 0 bridgehead atoms. The molecule has 1 aromatic carbocycles. The lowest BCUT2D eigenvalue weighted by atomic mass is 9.81. The van der Waals surface area contributed by atoms with E-state index in [0.29, 0.717) is 6.42 Å². The maximum Gasteiger partial charge on any atom is 0.270 e. The summed E-state index contributed by atoms with van der Waals surface area (Å²) < 4.78 is 0.721. The van der Waals surface area contributed by atoms with Crippen LogP contribution in [0.5, 0.6) is 0 Å². The Kier molecular flexibility index (Phi) is 3.67. The van der Waals surface area contributed by atoms with E-state index in [9.17, 15) is 15.4 Å². The van der Waals surface area contributed by atoms with Crippen molar-refractivity contribution in [2.24, 2.45) is 5.41 Å². The topological polar surface area (TPSA) is 66.9 Å². The molecular weight excluding hydrogens is 296 g/mol. The molecule has 1 fully saturated rings. The monoisotopic (exact) mass is 308 g/mol. The van der Waals surface area contributed by atoms with Crippen LogP contribution in [-0.2, 0) is 6.42 Å². The fourth-order valence-electron chi connectivity index (χ4n) is 2.54. The molecule has 0 unspecified atom stereocenters. The van der Waals surface area contributed by atoms with Gasteiger partial charge in [-0.3, -0.25) is 10.1 Å². The van der Waals surface area contributed by atoms with Gasteiger partial charge in [0.1, 0.15) is 0 Å². The molecule has 0 radical (unpaired) electrons. The summed E-state index contributed by atoms with van der Waals surface area (Å²) in [7, 11) is 0. The number of nitro groups is 1. The number of nitro benzene ring substituents is 1. The molecule has 0 heterocycles. The molecule has 1 aromatic rings. The van der Waals surface area contributed by atoms with Crippen molar-refractivity contribution < 1.29 is 4.92 Å². The number of benzene rings is 1. The number of halogens is 1. The molecule has 0 amide bonds. The van der Waals surface area contributed by atoms with E-state index in [-0.39, 0.29) is 11.1 Å². The first kappa shape index (κ1) is 13.0. The average molecular weight is 309 g/mol. The molecule has 1 aliphatic carbocycles. The third kappa shape index (κ3) is 2.54. The molecule has 2 rings (SSSR count). The number of rotatable bonds is 3. The minimum absolute atomic E-state index is 0.0723. The second kappa shape index (κ2) is 5.07. The molecule has 0 aromatic heterocycles. The van der Waals surface area contributed by atoms with E-state index in [0.717, 1.165) is 35.7 Å². The molecule has 1 aliphatic rings. The van der Waals surface area contributed by atoms with Crippen LogP contribution in [0.2, 0.25) is 0 Å². The van der Waals surface area contributed by atoms with Gasteiger partial charge in [0.05, 0.1) is 16.4 Å². The van der Waals surface area contributed by atoms with E-state index in [1.54, 1.807) is 6.07 Å². The van der Waals surface area contributed by atoms with Crippen LogP contribution in [0, 0.1) is 26.9 Å². The van der Waals surface area contributed by atoms with Gasteiger partial charge in [-0.1, -0.05) is 34.8 Å². The summed E-state index contributed by atoms with van der Waals surface area (Å²) in [6.45, 7) is 0. The van der Waals surface area contributed by atoms with Crippen LogP contribution in [0.1, 0.15) is 31.2 Å². The summed E-state index contributed by atoms with van der Waals surface area (Å²) in [5.74, 6) is 0. The zero-order valence-corrected chi connectivity index (χ0v) is 11.4. The summed E-state index contributed by atoms with van der Waals surface area (Å²) in [5.41, 5.74) is 0.769. The van der Waals surface area contributed by atoms with Crippen molar-refractivity contribution >= 4 is 21.6 Å². The normalized spacial score (nSPS) is 17.3. The van der Waals surface area contributed by atoms with Crippen LogP contribution < -0.4 is 0 Å². The molecule has 0 N–H and O–H groups in total. The van der Waals surface area contributed by atoms with E-state index >= 15 is 0 Å². The molecule has 0 saturated heterocycles. The Hall–Kier alpha value is -1.41. The second-order valence-electron chi connectivity index (χ2n) is 4.81. The fourth-order valence-corrected chi connectivity index (χ4v) is 3.04. The van der Waals surface area contributed by atoms with Crippen molar-refractivity contribution in [2.45, 2.75) is 32.1 Å². The Bertz CT molecular complexity index is 516. The van der Waals surface area contributed by atoms with Gasteiger partial charge in [-0.2, -0.15) is 5.26 Å². The molecule has 18 heavy (non-hydrogen) atoms. The minimum Gasteiger partial charge on any atom is -0.258 e.